The standard InChI is InChI=1S/C17H14FN5O3S2/c18-12-6-5-11(23(25)26)8-13(12)19-15(24)9-28-17-21-20-16(14-2-1-7-27-14)22(17)10-3-4-10/h1-2,5-8,10H,3-4,9H2,(H,19,24). The van der Waals surface area contributed by atoms with Crippen LogP contribution in [0.3, 0.4) is 0 Å². The maximum atomic E-state index is 13.8. The predicted molar refractivity (Wildman–Crippen MR) is 104 cm³/mol. The first kappa shape index (κ1) is 18.6. The van der Waals surface area contributed by atoms with Gasteiger partial charge in [-0.25, -0.2) is 4.39 Å². The Balaban J connectivity index is 1.46. The number of nitrogens with zero attached hydrogens (tertiary/aromatic N) is 4. The molecule has 0 atom stereocenters. The molecule has 2 aromatic heterocycles. The molecule has 1 N–H and O–H groups in total. The summed E-state index contributed by atoms with van der Waals surface area (Å²) in [6.45, 7) is 0. The molecular formula is C17H14FN5O3S2. The van der Waals surface area contributed by atoms with Crippen molar-refractivity contribution in [1.82, 2.24) is 14.8 Å². The van der Waals surface area contributed by atoms with Gasteiger partial charge in [-0.2, -0.15) is 0 Å². The number of benzene rings is 1. The van der Waals surface area contributed by atoms with Crippen molar-refractivity contribution in [2.75, 3.05) is 11.1 Å². The van der Waals surface area contributed by atoms with E-state index in [-0.39, 0.29) is 17.1 Å². The Hall–Kier alpha value is -2.79. The molecule has 3 aromatic rings. The van der Waals surface area contributed by atoms with E-state index in [0.717, 1.165) is 41.7 Å². The minimum atomic E-state index is -0.731. The lowest BCUT2D eigenvalue weighted by atomic mass is 10.2. The zero-order valence-corrected chi connectivity index (χ0v) is 16.0. The van der Waals surface area contributed by atoms with Gasteiger partial charge in [-0.15, -0.1) is 21.5 Å². The number of nitro groups is 1. The van der Waals surface area contributed by atoms with Crippen LogP contribution >= 0.6 is 23.1 Å². The quantitative estimate of drug-likeness (QED) is 0.351. The number of nitro benzene ring substituents is 1. The molecule has 1 aliphatic rings. The summed E-state index contributed by atoms with van der Waals surface area (Å²) in [5.74, 6) is -0.445. The van der Waals surface area contributed by atoms with Crippen LogP contribution in [0.5, 0.6) is 0 Å². The van der Waals surface area contributed by atoms with Gasteiger partial charge in [0.2, 0.25) is 5.91 Å². The summed E-state index contributed by atoms with van der Waals surface area (Å²) < 4.78 is 15.9. The SMILES string of the molecule is O=C(CSc1nnc(-c2cccs2)n1C1CC1)Nc1cc([N+](=O)[O-])ccc1F. The van der Waals surface area contributed by atoms with Crippen molar-refractivity contribution in [2.24, 2.45) is 0 Å². The van der Waals surface area contributed by atoms with E-state index >= 15 is 0 Å². The Morgan fingerprint density at radius 1 is 1.39 bits per heavy atom. The average Bonchev–Trinajstić information content (AvgIpc) is 3.18. The maximum Gasteiger partial charge on any atom is 0.271 e. The van der Waals surface area contributed by atoms with Gasteiger partial charge in [0.15, 0.2) is 11.0 Å². The number of thioether (sulfide) groups is 1. The largest absolute Gasteiger partial charge is 0.323 e. The van der Waals surface area contributed by atoms with Gasteiger partial charge in [-0.3, -0.25) is 19.5 Å². The number of carbonyl (C=O) groups excluding carboxylic acids is 1. The topological polar surface area (TPSA) is 103 Å². The van der Waals surface area contributed by atoms with Gasteiger partial charge in [0.05, 0.1) is 21.2 Å². The molecule has 0 radical (unpaired) electrons. The lowest BCUT2D eigenvalue weighted by Gasteiger charge is -2.08. The molecule has 11 heteroatoms. The van der Waals surface area contributed by atoms with Gasteiger partial charge in [0, 0.05) is 18.2 Å². The lowest BCUT2D eigenvalue weighted by Crippen LogP contribution is -2.15. The van der Waals surface area contributed by atoms with E-state index in [1.165, 1.54) is 11.8 Å². The second kappa shape index (κ2) is 7.68. The minimum Gasteiger partial charge on any atom is -0.323 e. The van der Waals surface area contributed by atoms with Crippen LogP contribution in [0.25, 0.3) is 10.7 Å². The second-order valence-corrected chi connectivity index (χ2v) is 8.03. The van der Waals surface area contributed by atoms with E-state index in [1.54, 1.807) is 11.3 Å². The van der Waals surface area contributed by atoms with Crippen LogP contribution in [-0.2, 0) is 4.79 Å². The summed E-state index contributed by atoms with van der Waals surface area (Å²) in [5, 5.41) is 24.3. The maximum absolute atomic E-state index is 13.8. The molecule has 0 spiro atoms. The van der Waals surface area contributed by atoms with Gasteiger partial charge in [0.25, 0.3) is 5.69 Å². The molecule has 4 rings (SSSR count). The van der Waals surface area contributed by atoms with E-state index in [2.05, 4.69) is 15.5 Å². The molecule has 1 aromatic carbocycles. The Labute approximate surface area is 166 Å². The van der Waals surface area contributed by atoms with Crippen LogP contribution in [0.1, 0.15) is 18.9 Å². The average molecular weight is 419 g/mol. The fourth-order valence-corrected chi connectivity index (χ4v) is 4.16. The number of rotatable bonds is 7. The highest BCUT2D eigenvalue weighted by Gasteiger charge is 2.30. The number of nitrogens with one attached hydrogen (secondary N) is 1. The monoisotopic (exact) mass is 419 g/mol. The van der Waals surface area contributed by atoms with Gasteiger partial charge in [0.1, 0.15) is 5.82 Å². The first-order valence-electron chi connectivity index (χ1n) is 8.38. The summed E-state index contributed by atoms with van der Waals surface area (Å²) in [7, 11) is 0. The van der Waals surface area contributed by atoms with E-state index in [1.807, 2.05) is 22.1 Å². The van der Waals surface area contributed by atoms with Crippen molar-refractivity contribution < 1.29 is 14.1 Å². The number of non-ortho nitro benzene ring substituents is 1. The molecule has 28 heavy (non-hydrogen) atoms. The Kier molecular flexibility index (Phi) is 5.09. The number of thiophene rings is 1. The fourth-order valence-electron chi connectivity index (χ4n) is 2.65. The summed E-state index contributed by atoms with van der Waals surface area (Å²) in [4.78, 5) is 23.4. The second-order valence-electron chi connectivity index (χ2n) is 6.14. The van der Waals surface area contributed by atoms with Crippen LogP contribution in [0, 0.1) is 15.9 Å². The number of anilines is 1. The highest BCUT2D eigenvalue weighted by molar-refractivity contribution is 7.99. The van der Waals surface area contributed by atoms with Gasteiger partial charge in [-0.1, -0.05) is 17.8 Å². The molecular weight excluding hydrogens is 405 g/mol. The van der Waals surface area contributed by atoms with Crippen LogP contribution in [-0.4, -0.2) is 31.3 Å². The highest BCUT2D eigenvalue weighted by Crippen LogP contribution is 2.41. The number of carbonyl (C=O) groups is 1. The molecule has 1 fully saturated rings. The van der Waals surface area contributed by atoms with Crippen molar-refractivity contribution in [2.45, 2.75) is 24.0 Å². The molecule has 2 heterocycles. The Morgan fingerprint density at radius 2 is 2.21 bits per heavy atom. The van der Waals surface area contributed by atoms with Crippen molar-refractivity contribution in [1.29, 1.82) is 0 Å². The van der Waals surface area contributed by atoms with Gasteiger partial charge in [-0.05, 0) is 30.4 Å². The van der Waals surface area contributed by atoms with Crippen LogP contribution < -0.4 is 5.32 Å². The molecule has 0 saturated heterocycles. The van der Waals surface area contributed by atoms with E-state index in [0.29, 0.717) is 11.2 Å². The van der Waals surface area contributed by atoms with Gasteiger partial charge < -0.3 is 5.32 Å². The molecule has 1 amide bonds. The first-order valence-corrected chi connectivity index (χ1v) is 10.2. The molecule has 0 aliphatic heterocycles. The third-order valence-electron chi connectivity index (χ3n) is 4.09. The Morgan fingerprint density at radius 3 is 2.89 bits per heavy atom. The molecule has 8 nitrogen and oxygen atoms in total. The number of hydrogen-bond donors (Lipinski definition) is 1. The van der Waals surface area contributed by atoms with E-state index in [4.69, 9.17) is 0 Å². The predicted octanol–water partition coefficient (Wildman–Crippen LogP) is 4.12. The fraction of sp³-hybridized carbons (Fsp3) is 0.235. The van der Waals surface area contributed by atoms with Gasteiger partial charge >= 0.3 is 0 Å². The Bertz CT molecular complexity index is 1030. The summed E-state index contributed by atoms with van der Waals surface area (Å²) in [5.41, 5.74) is -0.513. The van der Waals surface area contributed by atoms with Crippen molar-refractivity contribution in [3.8, 4) is 10.7 Å². The molecule has 1 saturated carbocycles. The number of amides is 1. The minimum absolute atomic E-state index is 0.0164. The normalized spacial score (nSPS) is 13.5. The van der Waals surface area contributed by atoms with E-state index in [9.17, 15) is 19.3 Å². The number of hydrogen-bond acceptors (Lipinski definition) is 7. The summed E-state index contributed by atoms with van der Waals surface area (Å²) in [6.07, 6.45) is 2.07. The molecule has 0 bridgehead atoms. The van der Waals surface area contributed by atoms with Crippen LogP contribution in [0.4, 0.5) is 15.8 Å². The third kappa shape index (κ3) is 3.90. The van der Waals surface area contributed by atoms with Crippen molar-refractivity contribution in [3.63, 3.8) is 0 Å². The third-order valence-corrected chi connectivity index (χ3v) is 5.89. The van der Waals surface area contributed by atoms with Crippen molar-refractivity contribution in [3.05, 3.63) is 51.6 Å². The van der Waals surface area contributed by atoms with E-state index < -0.39 is 16.6 Å². The zero-order chi connectivity index (χ0) is 19.7. The summed E-state index contributed by atoms with van der Waals surface area (Å²) in [6, 6.07) is 7.24. The van der Waals surface area contributed by atoms with Crippen LogP contribution in [0.2, 0.25) is 0 Å². The molecule has 144 valence electrons. The molecule has 0 unspecified atom stereocenters. The van der Waals surface area contributed by atoms with Crippen LogP contribution in [0.15, 0.2) is 40.9 Å². The number of halogens is 1. The smallest absolute Gasteiger partial charge is 0.271 e. The first-order chi connectivity index (χ1) is 13.5. The summed E-state index contributed by atoms with van der Waals surface area (Å²) >= 11 is 2.77. The molecule has 1 aliphatic carbocycles. The number of aromatic nitrogens is 3. The highest BCUT2D eigenvalue weighted by atomic mass is 32.2. The zero-order valence-electron chi connectivity index (χ0n) is 14.4. The lowest BCUT2D eigenvalue weighted by molar-refractivity contribution is -0.384. The van der Waals surface area contributed by atoms with Crippen molar-refractivity contribution >= 4 is 40.4 Å².